The Morgan fingerprint density at radius 3 is 2.77 bits per heavy atom. The number of halogens is 1. The van der Waals surface area contributed by atoms with Crippen molar-refractivity contribution >= 4 is 34.5 Å². The molecule has 0 spiro atoms. The van der Waals surface area contributed by atoms with E-state index in [-0.39, 0.29) is 0 Å². The first-order chi connectivity index (χ1) is 14.3. The average Bonchev–Trinajstić information content (AvgIpc) is 3.41. The molecule has 30 heavy (non-hydrogen) atoms. The highest BCUT2D eigenvalue weighted by Gasteiger charge is 2.26. The second-order valence-corrected chi connectivity index (χ2v) is 6.69. The Labute approximate surface area is 172 Å². The number of alkyl halides is 1. The van der Waals surface area contributed by atoms with Gasteiger partial charge in [-0.05, 0) is 12.5 Å². The molecule has 1 aliphatic heterocycles. The Kier molecular flexibility index (Phi) is 6.14. The van der Waals surface area contributed by atoms with Crippen molar-refractivity contribution in [1.29, 1.82) is 0 Å². The third-order valence-corrected chi connectivity index (χ3v) is 4.40. The molecule has 1 saturated heterocycles. The predicted molar refractivity (Wildman–Crippen MR) is 110 cm³/mol. The van der Waals surface area contributed by atoms with Gasteiger partial charge < -0.3 is 25.3 Å². The Morgan fingerprint density at radius 2 is 2.17 bits per heavy atom. The topological polar surface area (TPSA) is 129 Å². The van der Waals surface area contributed by atoms with Crippen molar-refractivity contribution in [2.45, 2.75) is 12.6 Å². The zero-order valence-corrected chi connectivity index (χ0v) is 17.0. The van der Waals surface area contributed by atoms with Gasteiger partial charge in [-0.25, -0.2) is 9.37 Å². The molecule has 11 nitrogen and oxygen atoms in total. The number of ether oxygens (including phenoxy) is 1. The van der Waals surface area contributed by atoms with Gasteiger partial charge in [0, 0.05) is 20.6 Å². The number of carbonyl (C=O) groups excluding carboxylic acids is 1. The number of anilines is 3. The molecule has 0 aliphatic carbocycles. The molecule has 4 heterocycles. The van der Waals surface area contributed by atoms with Crippen LogP contribution in [0.2, 0.25) is 0 Å². The molecule has 4 rings (SSSR count). The van der Waals surface area contributed by atoms with E-state index < -0.39 is 12.1 Å². The van der Waals surface area contributed by atoms with Crippen molar-refractivity contribution in [3.05, 3.63) is 25.2 Å². The summed E-state index contributed by atoms with van der Waals surface area (Å²) >= 11 is 0. The molecule has 3 aromatic rings. The molecule has 0 bridgehead atoms. The number of fused-ring (bicyclic) bond motifs is 1. The summed E-state index contributed by atoms with van der Waals surface area (Å²) in [4.78, 5) is 24.8. The quantitative estimate of drug-likeness (QED) is 0.590. The van der Waals surface area contributed by atoms with E-state index in [1.165, 1.54) is 0 Å². The Morgan fingerprint density at radius 1 is 1.43 bits per heavy atom. The third-order valence-electron chi connectivity index (χ3n) is 4.40. The van der Waals surface area contributed by atoms with E-state index >= 15 is 0 Å². The number of methoxy groups -OCH3 is 1. The van der Waals surface area contributed by atoms with Crippen LogP contribution in [0.5, 0.6) is 5.88 Å². The minimum absolute atomic E-state index is 0.305. The number of nitrogens with zero attached hydrogens (tertiary/aromatic N) is 7. The number of carbonyl (C=O) groups is 1. The van der Waals surface area contributed by atoms with Crippen molar-refractivity contribution in [3.8, 4) is 5.88 Å². The summed E-state index contributed by atoms with van der Waals surface area (Å²) in [5, 5.41) is 7.44. The molecule has 1 unspecified atom stereocenters. The van der Waals surface area contributed by atoms with Crippen LogP contribution in [0.4, 0.5) is 21.8 Å². The minimum Gasteiger partial charge on any atom is -0.478 e. The Balaban J connectivity index is 0.000000461. The van der Waals surface area contributed by atoms with Gasteiger partial charge in [0.1, 0.15) is 11.9 Å². The molecule has 1 aliphatic rings. The van der Waals surface area contributed by atoms with Gasteiger partial charge in [-0.2, -0.15) is 9.97 Å². The fraction of sp³-hybridized carbons (Fsp3) is 0.389. The highest BCUT2D eigenvalue weighted by atomic mass is 19.1. The SMILES string of the molecule is C=CC(N)=O.COc1nn(C)cc1Nc1nc(N2CCC(F)C2)nc2c1ncn2C. The molecule has 12 heteroatoms. The van der Waals surface area contributed by atoms with Crippen molar-refractivity contribution in [2.24, 2.45) is 19.8 Å². The largest absolute Gasteiger partial charge is 0.478 e. The average molecular weight is 417 g/mol. The van der Waals surface area contributed by atoms with Crippen molar-refractivity contribution in [1.82, 2.24) is 29.3 Å². The predicted octanol–water partition coefficient (Wildman–Crippen LogP) is 1.05. The number of nitrogens with one attached hydrogen (secondary N) is 1. The van der Waals surface area contributed by atoms with E-state index in [4.69, 9.17) is 4.74 Å². The molecule has 0 aromatic carbocycles. The van der Waals surface area contributed by atoms with Gasteiger partial charge >= 0.3 is 0 Å². The zero-order chi connectivity index (χ0) is 21.8. The maximum Gasteiger partial charge on any atom is 0.256 e. The van der Waals surface area contributed by atoms with Gasteiger partial charge in [-0.3, -0.25) is 9.48 Å². The van der Waals surface area contributed by atoms with E-state index in [1.54, 1.807) is 31.4 Å². The second-order valence-electron chi connectivity index (χ2n) is 6.69. The van der Waals surface area contributed by atoms with Gasteiger partial charge in [0.25, 0.3) is 5.88 Å². The van der Waals surface area contributed by atoms with E-state index in [9.17, 15) is 9.18 Å². The van der Waals surface area contributed by atoms with Gasteiger partial charge in [-0.1, -0.05) is 6.58 Å². The maximum absolute atomic E-state index is 13.6. The lowest BCUT2D eigenvalue weighted by Gasteiger charge is -2.16. The summed E-state index contributed by atoms with van der Waals surface area (Å²) in [5.41, 5.74) is 6.52. The van der Waals surface area contributed by atoms with Crippen LogP contribution in [0.3, 0.4) is 0 Å². The summed E-state index contributed by atoms with van der Waals surface area (Å²) in [6.07, 6.45) is 4.17. The number of rotatable bonds is 5. The van der Waals surface area contributed by atoms with Crippen molar-refractivity contribution in [2.75, 3.05) is 30.4 Å². The highest BCUT2D eigenvalue weighted by molar-refractivity contribution is 5.87. The summed E-state index contributed by atoms with van der Waals surface area (Å²) in [5.74, 6) is 0.998. The van der Waals surface area contributed by atoms with E-state index in [1.807, 2.05) is 16.5 Å². The Bertz CT molecular complexity index is 1060. The van der Waals surface area contributed by atoms with Crippen molar-refractivity contribution < 1.29 is 13.9 Å². The first-order valence-electron chi connectivity index (χ1n) is 9.17. The zero-order valence-electron chi connectivity index (χ0n) is 17.0. The lowest BCUT2D eigenvalue weighted by Crippen LogP contribution is -2.23. The molecule has 1 atom stereocenters. The number of imidazole rings is 1. The number of hydrogen-bond donors (Lipinski definition) is 2. The second kappa shape index (κ2) is 8.76. The van der Waals surface area contributed by atoms with Crippen LogP contribution in [0.25, 0.3) is 11.2 Å². The van der Waals surface area contributed by atoms with Crippen LogP contribution in [0.15, 0.2) is 25.2 Å². The normalized spacial score (nSPS) is 15.6. The molecular formula is C18H24FN9O2. The van der Waals surface area contributed by atoms with Crippen LogP contribution in [0, 0.1) is 0 Å². The van der Waals surface area contributed by atoms with Gasteiger partial charge in [0.05, 0.1) is 26.2 Å². The van der Waals surface area contributed by atoms with E-state index in [2.05, 4.69) is 37.7 Å². The van der Waals surface area contributed by atoms with E-state index in [0.717, 1.165) is 6.08 Å². The van der Waals surface area contributed by atoms with Crippen LogP contribution in [-0.2, 0) is 18.9 Å². The lowest BCUT2D eigenvalue weighted by atomic mass is 10.3. The first-order valence-corrected chi connectivity index (χ1v) is 9.17. The summed E-state index contributed by atoms with van der Waals surface area (Å²) in [7, 11) is 5.23. The number of nitrogens with two attached hydrogens (primary N) is 1. The number of aromatic nitrogens is 6. The monoisotopic (exact) mass is 417 g/mol. The first kappa shape index (κ1) is 21.0. The van der Waals surface area contributed by atoms with Gasteiger partial charge in [0.2, 0.25) is 11.9 Å². The molecule has 3 N–H and O–H groups in total. The highest BCUT2D eigenvalue weighted by Crippen LogP contribution is 2.30. The smallest absolute Gasteiger partial charge is 0.256 e. The number of primary amides is 1. The van der Waals surface area contributed by atoms with Crippen LogP contribution < -0.4 is 20.7 Å². The number of hydrogen-bond acceptors (Lipinski definition) is 8. The number of amides is 1. The van der Waals surface area contributed by atoms with Gasteiger partial charge in [-0.15, -0.1) is 5.10 Å². The molecule has 1 fully saturated rings. The Hall–Kier alpha value is -3.70. The minimum atomic E-state index is -0.847. The molecule has 1 amide bonds. The molecule has 0 radical (unpaired) electrons. The van der Waals surface area contributed by atoms with Crippen molar-refractivity contribution in [3.63, 3.8) is 0 Å². The summed E-state index contributed by atoms with van der Waals surface area (Å²) in [6.45, 7) is 3.99. The van der Waals surface area contributed by atoms with Crippen LogP contribution in [-0.4, -0.2) is 61.6 Å². The van der Waals surface area contributed by atoms with Crippen LogP contribution in [0.1, 0.15) is 6.42 Å². The molecule has 3 aromatic heterocycles. The fourth-order valence-corrected chi connectivity index (χ4v) is 2.96. The molecule has 0 saturated carbocycles. The fourth-order valence-electron chi connectivity index (χ4n) is 2.96. The summed E-state index contributed by atoms with van der Waals surface area (Å²) in [6, 6.07) is 0. The lowest BCUT2D eigenvalue weighted by molar-refractivity contribution is -0.113. The number of aryl methyl sites for hydroxylation is 2. The molecule has 160 valence electrons. The third kappa shape index (κ3) is 4.47. The van der Waals surface area contributed by atoms with E-state index in [0.29, 0.717) is 54.0 Å². The van der Waals surface area contributed by atoms with Gasteiger partial charge in [0.15, 0.2) is 17.0 Å². The standard InChI is InChI=1S/C15H19FN8O.C3H5NO/c1-22-8-17-11-12(18-10-7-23(2)21-14(10)25-3)19-15(20-13(11)22)24-5-4-9(16)6-24;1-2-3(4)5/h7-9H,4-6H2,1-3H3,(H,18,19,20);2H,1H2,(H2,4,5). The van der Waals surface area contributed by atoms with Crippen LogP contribution >= 0.6 is 0 Å². The molecular weight excluding hydrogens is 393 g/mol. The maximum atomic E-state index is 13.6. The summed E-state index contributed by atoms with van der Waals surface area (Å²) < 4.78 is 22.3.